The maximum atomic E-state index is 11.2. The van der Waals surface area contributed by atoms with Gasteiger partial charge in [-0.15, -0.1) is 0 Å². The van der Waals surface area contributed by atoms with Gasteiger partial charge in [0.25, 0.3) is 20.9 Å². The van der Waals surface area contributed by atoms with Crippen LogP contribution in [0.4, 0.5) is 0 Å². The Morgan fingerprint density at radius 1 is 0.735 bits per heavy atom. The summed E-state index contributed by atoms with van der Waals surface area (Å²) in [6.45, 7) is -0.889. The summed E-state index contributed by atoms with van der Waals surface area (Å²) in [6.07, 6.45) is 0. The van der Waals surface area contributed by atoms with E-state index in [1.165, 1.54) is 24.3 Å². The number of nitrogens with two attached hydrogens (primary N) is 2. The van der Waals surface area contributed by atoms with Crippen molar-refractivity contribution < 1.29 is 37.1 Å². The molecule has 0 saturated carbocycles. The minimum atomic E-state index is -3.78. The number of rotatable bonds is 11. The van der Waals surface area contributed by atoms with Crippen LogP contribution in [0.2, 0.25) is 0 Å². The predicted molar refractivity (Wildman–Crippen MR) is 121 cm³/mol. The van der Waals surface area contributed by atoms with Crippen LogP contribution in [0.25, 0.3) is 0 Å². The monoisotopic (exact) mass is 514 g/mol. The van der Waals surface area contributed by atoms with Crippen LogP contribution >= 0.6 is 10.7 Å². The van der Waals surface area contributed by atoms with E-state index in [1.54, 1.807) is 24.3 Å². The van der Waals surface area contributed by atoms with Crippen molar-refractivity contribution in [2.45, 2.75) is 4.90 Å². The van der Waals surface area contributed by atoms with Gasteiger partial charge in [0.05, 0.1) is 18.0 Å². The van der Waals surface area contributed by atoms with Crippen LogP contribution in [0, 0.1) is 0 Å². The van der Waals surface area contributed by atoms with Gasteiger partial charge >= 0.3 is 0 Å². The molecule has 2 aromatic carbocycles. The fraction of sp³-hybridized carbons (Fsp3) is 0.200. The number of carbonyl (C=O) groups is 4. The first-order chi connectivity index (χ1) is 16.0. The average molecular weight is 515 g/mol. The molecule has 34 heavy (non-hydrogen) atoms. The number of primary amides is 2. The number of benzene rings is 2. The minimum Gasteiger partial charge on any atom is -0.484 e. The molecule has 0 atom stereocenters. The number of hydrogen-bond acceptors (Lipinski definition) is 8. The second-order valence-corrected chi connectivity index (χ2v) is 8.85. The zero-order valence-electron chi connectivity index (χ0n) is 17.7. The Morgan fingerprint density at radius 2 is 1.15 bits per heavy atom. The van der Waals surface area contributed by atoms with Crippen molar-refractivity contribution in [3.63, 3.8) is 0 Å². The molecule has 14 heteroatoms. The lowest BCUT2D eigenvalue weighted by Gasteiger charge is -2.06. The van der Waals surface area contributed by atoms with Crippen molar-refractivity contribution >= 4 is 43.4 Å². The molecule has 4 amide bonds. The molecule has 0 radical (unpaired) electrons. The average Bonchev–Trinajstić information content (AvgIpc) is 2.79. The van der Waals surface area contributed by atoms with Crippen molar-refractivity contribution in [2.75, 3.05) is 26.3 Å². The first-order valence-corrected chi connectivity index (χ1v) is 11.7. The molecule has 6 N–H and O–H groups in total. The highest BCUT2D eigenvalue weighted by Crippen LogP contribution is 2.18. The molecule has 0 unspecified atom stereocenters. The summed E-state index contributed by atoms with van der Waals surface area (Å²) in [7, 11) is 1.35. The summed E-state index contributed by atoms with van der Waals surface area (Å²) in [4.78, 5) is 42.9. The molecule has 0 fully saturated rings. The maximum absolute atomic E-state index is 11.2. The summed E-state index contributed by atoms with van der Waals surface area (Å²) >= 11 is 0. The number of halogens is 1. The van der Waals surface area contributed by atoms with Gasteiger partial charge in [-0.2, -0.15) is 0 Å². The second kappa shape index (κ2) is 14.3. The molecule has 2 rings (SSSR count). The lowest BCUT2D eigenvalue weighted by atomic mass is 10.3. The van der Waals surface area contributed by atoms with Gasteiger partial charge in [0, 0.05) is 10.7 Å². The van der Waals surface area contributed by atoms with Gasteiger partial charge in [0.15, 0.2) is 13.2 Å². The fourth-order valence-electron chi connectivity index (χ4n) is 1.99. The second-order valence-electron chi connectivity index (χ2n) is 6.29. The third-order valence-corrected chi connectivity index (χ3v) is 4.88. The summed E-state index contributed by atoms with van der Waals surface area (Å²) < 4.78 is 32.2. The molecule has 0 spiro atoms. The van der Waals surface area contributed by atoms with Crippen molar-refractivity contribution in [3.8, 4) is 11.5 Å². The Hall–Kier alpha value is -3.84. The molecule has 0 bridgehead atoms. The number of ether oxygens (including phenoxy) is 2. The van der Waals surface area contributed by atoms with Crippen molar-refractivity contribution in [1.29, 1.82) is 0 Å². The third kappa shape index (κ3) is 12.9. The normalized spacial score (nSPS) is 10.1. The van der Waals surface area contributed by atoms with E-state index in [1.807, 2.05) is 6.07 Å². The Kier molecular flexibility index (Phi) is 11.9. The van der Waals surface area contributed by atoms with E-state index in [9.17, 15) is 27.6 Å². The van der Waals surface area contributed by atoms with Crippen LogP contribution in [0.5, 0.6) is 11.5 Å². The smallest absolute Gasteiger partial charge is 0.261 e. The minimum absolute atomic E-state index is 0.0697. The van der Waals surface area contributed by atoms with Crippen molar-refractivity contribution in [1.82, 2.24) is 10.6 Å². The maximum Gasteiger partial charge on any atom is 0.261 e. The highest BCUT2D eigenvalue weighted by molar-refractivity contribution is 8.13. The molecular formula is C20H23ClN4O8S. The van der Waals surface area contributed by atoms with E-state index >= 15 is 0 Å². The van der Waals surface area contributed by atoms with Gasteiger partial charge in [-0.05, 0) is 36.4 Å². The lowest BCUT2D eigenvalue weighted by molar-refractivity contribution is -0.126. The molecule has 0 saturated heterocycles. The van der Waals surface area contributed by atoms with E-state index in [-0.39, 0.29) is 37.1 Å². The molecule has 0 aliphatic carbocycles. The lowest BCUT2D eigenvalue weighted by Crippen LogP contribution is -2.36. The van der Waals surface area contributed by atoms with Gasteiger partial charge < -0.3 is 31.6 Å². The molecule has 0 heterocycles. The molecule has 0 aromatic heterocycles. The number of carbonyl (C=O) groups excluding carboxylic acids is 4. The standard InChI is InChI=1S/C10H11ClN2O5S.C10H12N2O3/c11-19(16,17)8-3-1-7(2-4-8)18-6-10(15)13-5-9(12)14;11-9(13)6-12-10(14)7-15-8-4-2-1-3-5-8/h1-4H,5-6H2,(H2,12,14)(H,13,15);1-5H,6-7H2,(H2,11,13)(H,12,14). The summed E-state index contributed by atoms with van der Waals surface area (Å²) in [5.41, 5.74) is 9.70. The Labute approximate surface area is 199 Å². The molecule has 12 nitrogen and oxygen atoms in total. The zero-order chi connectivity index (χ0) is 25.6. The third-order valence-electron chi connectivity index (χ3n) is 3.51. The van der Waals surface area contributed by atoms with Gasteiger partial charge in [-0.25, -0.2) is 8.42 Å². The SMILES string of the molecule is NC(=O)CNC(=O)COc1ccc(S(=O)(=O)Cl)cc1.NC(=O)CNC(=O)COc1ccccc1. The first-order valence-electron chi connectivity index (χ1n) is 9.42. The Bertz CT molecular complexity index is 1080. The van der Waals surface area contributed by atoms with Gasteiger partial charge in [0.2, 0.25) is 11.8 Å². The van der Waals surface area contributed by atoms with Gasteiger partial charge in [-0.3, -0.25) is 19.2 Å². The summed E-state index contributed by atoms with van der Waals surface area (Å²) in [6, 6.07) is 14.1. The number of hydrogen-bond donors (Lipinski definition) is 4. The van der Waals surface area contributed by atoms with Crippen LogP contribution in [-0.4, -0.2) is 58.3 Å². The predicted octanol–water partition coefficient (Wildman–Crippen LogP) is -0.739. The van der Waals surface area contributed by atoms with E-state index < -0.39 is 26.8 Å². The Morgan fingerprint density at radius 3 is 1.53 bits per heavy atom. The molecular weight excluding hydrogens is 492 g/mol. The molecule has 184 valence electrons. The molecule has 2 aromatic rings. The molecule has 0 aliphatic heterocycles. The van der Waals surface area contributed by atoms with Gasteiger partial charge in [-0.1, -0.05) is 18.2 Å². The first kappa shape index (κ1) is 28.2. The largest absolute Gasteiger partial charge is 0.484 e. The highest BCUT2D eigenvalue weighted by Gasteiger charge is 2.10. The zero-order valence-corrected chi connectivity index (χ0v) is 19.3. The van der Waals surface area contributed by atoms with Crippen molar-refractivity contribution in [2.24, 2.45) is 11.5 Å². The fourth-order valence-corrected chi connectivity index (χ4v) is 2.76. The van der Waals surface area contributed by atoms with Crippen LogP contribution in [0.1, 0.15) is 0 Å². The van der Waals surface area contributed by atoms with Gasteiger partial charge in [0.1, 0.15) is 11.5 Å². The Balaban J connectivity index is 0.000000350. The number of para-hydroxylation sites is 1. The number of amides is 4. The van der Waals surface area contributed by atoms with Crippen LogP contribution in [0.15, 0.2) is 59.5 Å². The summed E-state index contributed by atoms with van der Waals surface area (Å²) in [5.74, 6) is -1.25. The van der Waals surface area contributed by atoms with E-state index in [2.05, 4.69) is 10.6 Å². The number of nitrogens with one attached hydrogen (secondary N) is 2. The van der Waals surface area contributed by atoms with Crippen molar-refractivity contribution in [3.05, 3.63) is 54.6 Å². The van der Waals surface area contributed by atoms with Crippen LogP contribution in [0.3, 0.4) is 0 Å². The summed E-state index contributed by atoms with van der Waals surface area (Å²) in [5, 5.41) is 4.55. The van der Waals surface area contributed by atoms with E-state index in [4.69, 9.17) is 31.6 Å². The molecule has 0 aliphatic rings. The topological polar surface area (TPSA) is 197 Å². The van der Waals surface area contributed by atoms with E-state index in [0.717, 1.165) is 0 Å². The van der Waals surface area contributed by atoms with E-state index in [0.29, 0.717) is 11.5 Å². The highest BCUT2D eigenvalue weighted by atomic mass is 35.7. The quantitative estimate of drug-likeness (QED) is 0.281. The van der Waals surface area contributed by atoms with Crippen LogP contribution < -0.4 is 31.6 Å². The van der Waals surface area contributed by atoms with Crippen LogP contribution in [-0.2, 0) is 28.2 Å².